The van der Waals surface area contributed by atoms with Gasteiger partial charge in [0.25, 0.3) is 17.7 Å². The van der Waals surface area contributed by atoms with Gasteiger partial charge in [0.15, 0.2) is 10.2 Å². The number of carbonyl (C=O) groups excluding carboxylic acids is 3. The van der Waals surface area contributed by atoms with Gasteiger partial charge in [-0.25, -0.2) is 5.01 Å². The first-order valence-corrected chi connectivity index (χ1v) is 24.7. The van der Waals surface area contributed by atoms with E-state index in [4.69, 9.17) is 29.2 Å². The van der Waals surface area contributed by atoms with Gasteiger partial charge in [-0.05, 0) is 119 Å². The van der Waals surface area contributed by atoms with Gasteiger partial charge in [-0.15, -0.1) is 0 Å². The third-order valence-electron chi connectivity index (χ3n) is 13.3. The van der Waals surface area contributed by atoms with Crippen LogP contribution < -0.4 is 41.2 Å². The molecule has 15 heteroatoms. The lowest BCUT2D eigenvalue weighted by Crippen LogP contribution is -2.56. The van der Waals surface area contributed by atoms with E-state index in [1.165, 1.54) is 4.90 Å². The SMILES string of the molecule is CCCCN1C(=O)c2cccc3c(NCCNC(=S)Nc4ccc(NC(=S)NN5C(=O)c6ccccc6C56c5ccc(N(CC)CC)cc5Oc5cc(N(CC)CC)ccc56)cc4)ccc(c23)C1=O. The second-order valence-electron chi connectivity index (χ2n) is 17.2. The molecule has 0 saturated heterocycles. The third kappa shape index (κ3) is 8.43. The van der Waals surface area contributed by atoms with Crippen LogP contribution in [0.3, 0.4) is 0 Å². The van der Waals surface area contributed by atoms with Crippen LogP contribution in [0.2, 0.25) is 0 Å². The molecule has 6 aromatic carbocycles. The second-order valence-corrected chi connectivity index (χ2v) is 18.0. The molecule has 0 bridgehead atoms. The van der Waals surface area contributed by atoms with Crippen molar-refractivity contribution in [2.24, 2.45) is 0 Å². The van der Waals surface area contributed by atoms with Crippen LogP contribution in [0, 0.1) is 0 Å². The summed E-state index contributed by atoms with van der Waals surface area (Å²) in [6, 6.07) is 37.1. The van der Waals surface area contributed by atoms with E-state index in [9.17, 15) is 14.4 Å². The molecule has 0 saturated carbocycles. The summed E-state index contributed by atoms with van der Waals surface area (Å²) in [6.07, 6.45) is 1.66. The molecule has 3 aliphatic rings. The fourth-order valence-electron chi connectivity index (χ4n) is 9.93. The zero-order chi connectivity index (χ0) is 48.4. The molecule has 354 valence electrons. The molecule has 69 heavy (non-hydrogen) atoms. The molecule has 0 atom stereocenters. The number of anilines is 5. The van der Waals surface area contributed by atoms with Crippen molar-refractivity contribution in [3.8, 4) is 11.5 Å². The van der Waals surface area contributed by atoms with E-state index in [0.717, 1.165) is 83.8 Å². The number of carbonyl (C=O) groups is 3. The van der Waals surface area contributed by atoms with Gasteiger partial charge in [-0.2, -0.15) is 0 Å². The Kier molecular flexibility index (Phi) is 13.4. The highest BCUT2D eigenvalue weighted by Crippen LogP contribution is 2.58. The van der Waals surface area contributed by atoms with Crippen LogP contribution in [-0.4, -0.2) is 83.7 Å². The van der Waals surface area contributed by atoms with Crippen LogP contribution >= 0.6 is 24.4 Å². The predicted molar refractivity (Wildman–Crippen MR) is 285 cm³/mol. The second kappa shape index (κ2) is 19.8. The monoisotopic (exact) mass is 959 g/mol. The topological polar surface area (TPSA) is 134 Å². The van der Waals surface area contributed by atoms with Gasteiger partial charge in [0.2, 0.25) is 0 Å². The Morgan fingerprint density at radius 2 is 1.19 bits per heavy atom. The lowest BCUT2D eigenvalue weighted by Gasteiger charge is -2.44. The number of hydrazine groups is 1. The maximum absolute atomic E-state index is 14.7. The van der Waals surface area contributed by atoms with E-state index in [0.29, 0.717) is 64.0 Å². The molecular formula is C54H57N9O4S2. The molecule has 0 unspecified atom stereocenters. The van der Waals surface area contributed by atoms with Crippen molar-refractivity contribution in [3.63, 3.8) is 0 Å². The molecule has 0 aromatic heterocycles. The summed E-state index contributed by atoms with van der Waals surface area (Å²) in [7, 11) is 0. The Hall–Kier alpha value is -7.23. The Morgan fingerprint density at radius 3 is 1.80 bits per heavy atom. The molecule has 1 spiro atoms. The molecular weight excluding hydrogens is 903 g/mol. The number of fused-ring (bicyclic) bond motifs is 6. The first kappa shape index (κ1) is 46.9. The smallest absolute Gasteiger partial charge is 0.274 e. The van der Waals surface area contributed by atoms with E-state index in [-0.39, 0.29) is 22.8 Å². The summed E-state index contributed by atoms with van der Waals surface area (Å²) in [5.41, 5.74) is 10.8. The number of ether oxygens (including phenoxy) is 1. The van der Waals surface area contributed by atoms with Gasteiger partial charge in [0.05, 0.1) is 0 Å². The van der Waals surface area contributed by atoms with Gasteiger partial charge in [-0.1, -0.05) is 55.8 Å². The molecule has 6 aromatic rings. The lowest BCUT2D eigenvalue weighted by atomic mass is 9.75. The first-order valence-electron chi connectivity index (χ1n) is 23.8. The van der Waals surface area contributed by atoms with Crippen LogP contribution in [0.15, 0.2) is 115 Å². The van der Waals surface area contributed by atoms with Gasteiger partial charge in [0, 0.05) is 131 Å². The first-order chi connectivity index (χ1) is 33.5. The van der Waals surface area contributed by atoms with Crippen molar-refractivity contribution >= 4 is 91.6 Å². The minimum Gasteiger partial charge on any atom is -0.456 e. The molecule has 0 aliphatic carbocycles. The number of rotatable bonds is 16. The standard InChI is InChI=1S/C54H57N9O4S2/c1-6-11-31-62-49(64)40-17-14-16-39-45(28-25-41(48(39)40)50(62)65)55-29-30-56-52(68)57-34-19-21-35(22-20-34)58-53(69)59-63-51(66)38-15-12-13-18-42(38)54(63)43-26-23-36(60(7-2)8-3)32-46(43)67-47-33-37(24-27-44(47)54)61(9-4)10-5/h12-28,32-33,55H,6-11,29-31H2,1-5H3,(H2,56,57,68)(H2,58,59,69). The van der Waals surface area contributed by atoms with Crippen molar-refractivity contribution in [1.82, 2.24) is 20.7 Å². The number of hydrogen-bond donors (Lipinski definition) is 5. The minimum absolute atomic E-state index is 0.215. The third-order valence-corrected chi connectivity index (χ3v) is 13.8. The number of amides is 3. The number of hydrogen-bond acceptors (Lipinski definition) is 9. The van der Waals surface area contributed by atoms with E-state index in [2.05, 4.69) is 101 Å². The highest BCUT2D eigenvalue weighted by Gasteiger charge is 2.57. The molecule has 13 nitrogen and oxygen atoms in total. The zero-order valence-electron chi connectivity index (χ0n) is 39.6. The number of benzene rings is 6. The van der Waals surface area contributed by atoms with E-state index in [1.807, 2.05) is 73.7 Å². The van der Waals surface area contributed by atoms with Crippen molar-refractivity contribution in [2.45, 2.75) is 53.0 Å². The quantitative estimate of drug-likeness (QED) is 0.0359. The molecule has 3 heterocycles. The fraction of sp³-hybridized carbons (Fsp3) is 0.278. The molecule has 3 aliphatic heterocycles. The van der Waals surface area contributed by atoms with Crippen LogP contribution in [0.1, 0.15) is 95.2 Å². The Bertz CT molecular complexity index is 2910. The summed E-state index contributed by atoms with van der Waals surface area (Å²) < 4.78 is 6.84. The maximum atomic E-state index is 14.7. The average Bonchev–Trinajstić information content (AvgIpc) is 3.59. The van der Waals surface area contributed by atoms with Crippen LogP contribution in [0.25, 0.3) is 10.8 Å². The summed E-state index contributed by atoms with van der Waals surface area (Å²) in [6.45, 7) is 15.4. The van der Waals surface area contributed by atoms with Gasteiger partial charge >= 0.3 is 0 Å². The van der Waals surface area contributed by atoms with E-state index >= 15 is 0 Å². The van der Waals surface area contributed by atoms with E-state index in [1.54, 1.807) is 17.1 Å². The lowest BCUT2D eigenvalue weighted by molar-refractivity contribution is 0.0589. The number of nitrogens with zero attached hydrogens (tertiary/aromatic N) is 4. The van der Waals surface area contributed by atoms with Crippen molar-refractivity contribution in [1.29, 1.82) is 0 Å². The number of thiocarbonyl (C=S) groups is 2. The average molecular weight is 960 g/mol. The zero-order valence-corrected chi connectivity index (χ0v) is 41.2. The van der Waals surface area contributed by atoms with Gasteiger partial charge in [-0.3, -0.25) is 24.7 Å². The van der Waals surface area contributed by atoms with Crippen molar-refractivity contribution in [2.75, 3.05) is 71.6 Å². The molecule has 0 radical (unpaired) electrons. The molecule has 0 fully saturated rings. The number of nitrogens with one attached hydrogen (secondary N) is 5. The van der Waals surface area contributed by atoms with E-state index < -0.39 is 5.54 Å². The highest BCUT2D eigenvalue weighted by molar-refractivity contribution is 7.80. The normalized spacial score (nSPS) is 13.9. The van der Waals surface area contributed by atoms with Crippen molar-refractivity contribution in [3.05, 3.63) is 149 Å². The molecule has 3 amide bonds. The predicted octanol–water partition coefficient (Wildman–Crippen LogP) is 10.1. The summed E-state index contributed by atoms with van der Waals surface area (Å²) in [4.78, 5) is 47.3. The van der Waals surface area contributed by atoms with Crippen LogP contribution in [0.4, 0.5) is 28.4 Å². The fourth-order valence-corrected chi connectivity index (χ4v) is 10.4. The largest absolute Gasteiger partial charge is 0.456 e. The number of unbranched alkanes of at least 4 members (excludes halogenated alkanes) is 1. The molecule has 5 N–H and O–H groups in total. The summed E-state index contributed by atoms with van der Waals surface area (Å²) in [5, 5.41) is 17.1. The Balaban J connectivity index is 0.883. The summed E-state index contributed by atoms with van der Waals surface area (Å²) >= 11 is 11.6. The Labute approximate surface area is 414 Å². The van der Waals surface area contributed by atoms with Gasteiger partial charge in [0.1, 0.15) is 17.0 Å². The van der Waals surface area contributed by atoms with Crippen molar-refractivity contribution < 1.29 is 19.1 Å². The summed E-state index contributed by atoms with van der Waals surface area (Å²) in [5.74, 6) is 0.637. The minimum atomic E-state index is -1.12. The Morgan fingerprint density at radius 1 is 0.609 bits per heavy atom. The van der Waals surface area contributed by atoms with Gasteiger partial charge < -0.3 is 35.8 Å². The highest BCUT2D eigenvalue weighted by atomic mass is 32.1. The number of imide groups is 1. The van der Waals surface area contributed by atoms with Crippen LogP contribution in [0.5, 0.6) is 11.5 Å². The maximum Gasteiger partial charge on any atom is 0.274 e. The van der Waals surface area contributed by atoms with Crippen LogP contribution in [-0.2, 0) is 5.54 Å². The molecule has 9 rings (SSSR count).